The van der Waals surface area contributed by atoms with Crippen LogP contribution in [0.1, 0.15) is 46.9 Å². The van der Waals surface area contributed by atoms with Crippen LogP contribution in [0.25, 0.3) is 5.69 Å². The van der Waals surface area contributed by atoms with E-state index in [1.807, 2.05) is 32.9 Å². The van der Waals surface area contributed by atoms with Gasteiger partial charge in [0.1, 0.15) is 12.4 Å². The van der Waals surface area contributed by atoms with Crippen LogP contribution in [-0.2, 0) is 30.4 Å². The summed E-state index contributed by atoms with van der Waals surface area (Å²) in [5.41, 5.74) is 3.57. The van der Waals surface area contributed by atoms with Gasteiger partial charge in [-0.25, -0.2) is 0 Å². The third-order valence-corrected chi connectivity index (χ3v) is 5.74. The second-order valence-corrected chi connectivity index (χ2v) is 7.72. The summed E-state index contributed by atoms with van der Waals surface area (Å²) in [6.07, 6.45) is -1.85. The number of aliphatic carboxylic acids is 1. The first-order valence-corrected chi connectivity index (χ1v) is 10.4. The molecule has 1 heterocycles. The Hall–Kier alpha value is -3.22. The molecular formula is C25H26F3NO3. The number of hydrogen-bond donors (Lipinski definition) is 1. The second kappa shape index (κ2) is 9.51. The fourth-order valence-corrected chi connectivity index (χ4v) is 3.67. The van der Waals surface area contributed by atoms with Crippen LogP contribution in [0, 0.1) is 13.8 Å². The number of halogens is 3. The third kappa shape index (κ3) is 5.15. The number of nitrogens with zero attached hydrogens (tertiary/aromatic N) is 1. The highest BCUT2D eigenvalue weighted by Gasteiger charge is 2.35. The fraction of sp³-hybridized carbons (Fsp3) is 0.320. The Morgan fingerprint density at radius 3 is 2.31 bits per heavy atom. The lowest BCUT2D eigenvalue weighted by Crippen LogP contribution is -2.13. The molecule has 0 aliphatic rings. The molecule has 3 rings (SSSR count). The average molecular weight is 445 g/mol. The monoisotopic (exact) mass is 445 g/mol. The van der Waals surface area contributed by atoms with Gasteiger partial charge in [-0.1, -0.05) is 25.1 Å². The van der Waals surface area contributed by atoms with Crippen LogP contribution in [0.15, 0.2) is 48.7 Å². The maximum absolute atomic E-state index is 13.7. The molecule has 1 aromatic heterocycles. The normalized spacial score (nSPS) is 11.6. The Morgan fingerprint density at radius 2 is 1.72 bits per heavy atom. The Morgan fingerprint density at radius 1 is 1.03 bits per heavy atom. The van der Waals surface area contributed by atoms with Crippen molar-refractivity contribution in [3.63, 3.8) is 0 Å². The van der Waals surface area contributed by atoms with Crippen molar-refractivity contribution in [2.45, 2.75) is 52.8 Å². The summed E-state index contributed by atoms with van der Waals surface area (Å²) in [5, 5.41) is 8.90. The molecule has 0 unspecified atom stereocenters. The zero-order chi connectivity index (χ0) is 23.5. The Bertz CT molecular complexity index is 1100. The highest BCUT2D eigenvalue weighted by Crippen LogP contribution is 2.35. The standard InChI is InChI=1S/C25H26F3NO3/c1-4-18-5-9-20(10-6-18)29-14-13-21(25(26,27)28)22(29)15-32-23-11-7-19(8-12-24(30)31)16(2)17(23)3/h5-7,9-11,13-14H,4,8,12,15H2,1-3H3,(H,30,31). The topological polar surface area (TPSA) is 51.5 Å². The molecule has 0 saturated carbocycles. The molecule has 2 aromatic carbocycles. The Balaban J connectivity index is 1.90. The van der Waals surface area contributed by atoms with E-state index < -0.39 is 17.7 Å². The molecular weight excluding hydrogens is 419 g/mol. The molecule has 170 valence electrons. The molecule has 3 aromatic rings. The SMILES string of the molecule is CCc1ccc(-n2ccc(C(F)(F)F)c2COc2ccc(CCC(=O)O)c(C)c2C)cc1. The fourth-order valence-electron chi connectivity index (χ4n) is 3.67. The van der Waals surface area contributed by atoms with Crippen LogP contribution >= 0.6 is 0 Å². The molecule has 0 radical (unpaired) electrons. The molecule has 4 nitrogen and oxygen atoms in total. The van der Waals surface area contributed by atoms with Gasteiger partial charge in [-0.05, 0) is 73.2 Å². The number of rotatable bonds is 8. The first-order chi connectivity index (χ1) is 15.1. The van der Waals surface area contributed by atoms with Crippen LogP contribution in [0.3, 0.4) is 0 Å². The van der Waals surface area contributed by atoms with Gasteiger partial charge in [0.2, 0.25) is 0 Å². The van der Waals surface area contributed by atoms with Gasteiger partial charge in [-0.15, -0.1) is 0 Å². The van der Waals surface area contributed by atoms with E-state index in [-0.39, 0.29) is 18.7 Å². The van der Waals surface area contributed by atoms with Crippen LogP contribution < -0.4 is 4.74 Å². The summed E-state index contributed by atoms with van der Waals surface area (Å²) in [5.74, 6) is -0.404. The zero-order valence-corrected chi connectivity index (χ0v) is 18.3. The number of benzene rings is 2. The number of ether oxygens (including phenoxy) is 1. The van der Waals surface area contributed by atoms with Crippen molar-refractivity contribution < 1.29 is 27.8 Å². The first kappa shape index (κ1) is 23.4. The molecule has 0 atom stereocenters. The van der Waals surface area contributed by atoms with E-state index in [0.29, 0.717) is 17.9 Å². The van der Waals surface area contributed by atoms with Crippen LogP contribution in [-0.4, -0.2) is 15.6 Å². The smallest absolute Gasteiger partial charge is 0.418 e. The van der Waals surface area contributed by atoms with E-state index in [1.54, 1.807) is 24.3 Å². The van der Waals surface area contributed by atoms with E-state index in [0.717, 1.165) is 34.7 Å². The average Bonchev–Trinajstić information content (AvgIpc) is 3.18. The van der Waals surface area contributed by atoms with E-state index in [4.69, 9.17) is 9.84 Å². The molecule has 0 fully saturated rings. The van der Waals surface area contributed by atoms with E-state index in [9.17, 15) is 18.0 Å². The quantitative estimate of drug-likeness (QED) is 0.445. The minimum Gasteiger partial charge on any atom is -0.487 e. The van der Waals surface area contributed by atoms with Crippen LogP contribution in [0.4, 0.5) is 13.2 Å². The van der Waals surface area contributed by atoms with Gasteiger partial charge in [0, 0.05) is 18.3 Å². The summed E-state index contributed by atoms with van der Waals surface area (Å²) in [6, 6.07) is 11.9. The Labute approximate surface area is 185 Å². The highest BCUT2D eigenvalue weighted by molar-refractivity contribution is 5.67. The van der Waals surface area contributed by atoms with Crippen LogP contribution in [0.5, 0.6) is 5.75 Å². The summed E-state index contributed by atoms with van der Waals surface area (Å²) in [7, 11) is 0. The minimum absolute atomic E-state index is 0.0137. The van der Waals surface area contributed by atoms with E-state index in [1.165, 1.54) is 10.8 Å². The summed E-state index contributed by atoms with van der Waals surface area (Å²) in [4.78, 5) is 10.8. The lowest BCUT2D eigenvalue weighted by Gasteiger charge is -2.17. The van der Waals surface area contributed by atoms with Gasteiger partial charge < -0.3 is 14.4 Å². The van der Waals surface area contributed by atoms with Gasteiger partial charge >= 0.3 is 12.1 Å². The second-order valence-electron chi connectivity index (χ2n) is 7.72. The van der Waals surface area contributed by atoms with Crippen molar-refractivity contribution in [2.75, 3.05) is 0 Å². The van der Waals surface area contributed by atoms with Gasteiger partial charge in [0.05, 0.1) is 11.3 Å². The highest BCUT2D eigenvalue weighted by atomic mass is 19.4. The number of aryl methyl sites for hydroxylation is 2. The van der Waals surface area contributed by atoms with Crippen LogP contribution in [0.2, 0.25) is 0 Å². The zero-order valence-electron chi connectivity index (χ0n) is 18.3. The maximum Gasteiger partial charge on any atom is 0.418 e. The minimum atomic E-state index is -4.50. The lowest BCUT2D eigenvalue weighted by atomic mass is 9.99. The van der Waals surface area contributed by atoms with Crippen molar-refractivity contribution in [3.05, 3.63) is 82.2 Å². The summed E-state index contributed by atoms with van der Waals surface area (Å²) >= 11 is 0. The molecule has 32 heavy (non-hydrogen) atoms. The summed E-state index contributed by atoms with van der Waals surface area (Å²) < 4.78 is 48.3. The van der Waals surface area contributed by atoms with Gasteiger partial charge in [-0.3, -0.25) is 4.79 Å². The molecule has 0 amide bonds. The largest absolute Gasteiger partial charge is 0.487 e. The lowest BCUT2D eigenvalue weighted by molar-refractivity contribution is -0.139. The number of carbonyl (C=O) groups is 1. The molecule has 0 aliphatic carbocycles. The first-order valence-electron chi connectivity index (χ1n) is 10.4. The van der Waals surface area contributed by atoms with Crippen molar-refractivity contribution in [1.29, 1.82) is 0 Å². The number of aromatic nitrogens is 1. The number of hydrogen-bond acceptors (Lipinski definition) is 2. The molecule has 0 spiro atoms. The molecule has 0 saturated heterocycles. The molecule has 0 aliphatic heterocycles. The van der Waals surface area contributed by atoms with Crippen molar-refractivity contribution in [1.82, 2.24) is 4.57 Å². The van der Waals surface area contributed by atoms with Crippen molar-refractivity contribution in [2.24, 2.45) is 0 Å². The van der Waals surface area contributed by atoms with E-state index in [2.05, 4.69) is 0 Å². The van der Waals surface area contributed by atoms with Gasteiger partial charge in [-0.2, -0.15) is 13.2 Å². The van der Waals surface area contributed by atoms with Gasteiger partial charge in [0.25, 0.3) is 0 Å². The molecule has 7 heteroatoms. The van der Waals surface area contributed by atoms with Gasteiger partial charge in [0.15, 0.2) is 0 Å². The van der Waals surface area contributed by atoms with E-state index >= 15 is 0 Å². The summed E-state index contributed by atoms with van der Waals surface area (Å²) in [6.45, 7) is 5.44. The molecule has 1 N–H and O–H groups in total. The predicted octanol–water partition coefficient (Wildman–Crippen LogP) is 6.27. The predicted molar refractivity (Wildman–Crippen MR) is 116 cm³/mol. The number of alkyl halides is 3. The van der Waals surface area contributed by atoms with Crippen molar-refractivity contribution >= 4 is 5.97 Å². The number of carboxylic acid groups (broad SMARTS) is 1. The number of carboxylic acids is 1. The maximum atomic E-state index is 13.7. The Kier molecular flexibility index (Phi) is 6.96. The third-order valence-electron chi connectivity index (χ3n) is 5.74. The molecule has 0 bridgehead atoms. The van der Waals surface area contributed by atoms with Crippen molar-refractivity contribution in [3.8, 4) is 11.4 Å².